The molecule has 0 aromatic heterocycles. The molecule has 0 heterocycles. The highest BCUT2D eigenvalue weighted by Crippen LogP contribution is 2.37. The predicted molar refractivity (Wildman–Crippen MR) is 86.7 cm³/mol. The summed E-state index contributed by atoms with van der Waals surface area (Å²) in [5.41, 5.74) is 2.45. The predicted octanol–water partition coefficient (Wildman–Crippen LogP) is 4.15. The SMILES string of the molecule is O=C(O)c1ccc(CNC(c2ccc(F)cc2)C2CCC2)cc1. The van der Waals surface area contributed by atoms with Crippen LogP contribution in [0.25, 0.3) is 0 Å². The number of nitrogens with one attached hydrogen (secondary N) is 1. The molecule has 1 atom stereocenters. The van der Waals surface area contributed by atoms with Crippen molar-refractivity contribution < 1.29 is 14.3 Å². The molecular formula is C19H20FNO2. The van der Waals surface area contributed by atoms with Crippen molar-refractivity contribution in [2.45, 2.75) is 31.8 Å². The highest BCUT2D eigenvalue weighted by Gasteiger charge is 2.28. The van der Waals surface area contributed by atoms with Gasteiger partial charge in [0.1, 0.15) is 5.82 Å². The van der Waals surface area contributed by atoms with Gasteiger partial charge in [0.25, 0.3) is 0 Å². The molecule has 23 heavy (non-hydrogen) atoms. The van der Waals surface area contributed by atoms with Crippen molar-refractivity contribution in [3.05, 3.63) is 71.0 Å². The van der Waals surface area contributed by atoms with Gasteiger partial charge in [-0.1, -0.05) is 30.7 Å². The molecule has 120 valence electrons. The zero-order chi connectivity index (χ0) is 16.2. The van der Waals surface area contributed by atoms with Crippen LogP contribution in [0.15, 0.2) is 48.5 Å². The van der Waals surface area contributed by atoms with Gasteiger partial charge in [0, 0.05) is 12.6 Å². The summed E-state index contributed by atoms with van der Waals surface area (Å²) in [4.78, 5) is 10.9. The number of hydrogen-bond acceptors (Lipinski definition) is 2. The molecule has 1 aliphatic rings. The van der Waals surface area contributed by atoms with E-state index in [0.29, 0.717) is 18.0 Å². The molecule has 1 unspecified atom stereocenters. The maximum Gasteiger partial charge on any atom is 0.335 e. The first-order valence-electron chi connectivity index (χ1n) is 7.94. The molecule has 0 radical (unpaired) electrons. The third kappa shape index (κ3) is 3.77. The fourth-order valence-electron chi connectivity index (χ4n) is 2.99. The lowest BCUT2D eigenvalue weighted by Gasteiger charge is -2.35. The lowest BCUT2D eigenvalue weighted by molar-refractivity contribution is 0.0697. The number of carbonyl (C=O) groups is 1. The monoisotopic (exact) mass is 313 g/mol. The van der Waals surface area contributed by atoms with Gasteiger partial charge in [0.15, 0.2) is 0 Å². The first-order valence-corrected chi connectivity index (χ1v) is 7.94. The van der Waals surface area contributed by atoms with E-state index < -0.39 is 5.97 Å². The van der Waals surface area contributed by atoms with Gasteiger partial charge in [-0.2, -0.15) is 0 Å². The molecule has 3 rings (SSSR count). The Morgan fingerprint density at radius 3 is 2.30 bits per heavy atom. The number of carboxylic acid groups (broad SMARTS) is 1. The van der Waals surface area contributed by atoms with E-state index in [1.165, 1.54) is 31.4 Å². The van der Waals surface area contributed by atoms with E-state index in [-0.39, 0.29) is 11.9 Å². The molecule has 2 aromatic carbocycles. The third-order valence-electron chi connectivity index (χ3n) is 4.58. The van der Waals surface area contributed by atoms with E-state index >= 15 is 0 Å². The standard InChI is InChI=1S/C19H20FNO2/c20-17-10-8-15(9-11-17)18(14-2-1-3-14)21-12-13-4-6-16(7-5-13)19(22)23/h4-11,14,18,21H,1-3,12H2,(H,22,23). The molecule has 1 saturated carbocycles. The Kier molecular flexibility index (Phi) is 4.72. The van der Waals surface area contributed by atoms with Crippen LogP contribution in [0.1, 0.15) is 46.8 Å². The van der Waals surface area contributed by atoms with E-state index in [4.69, 9.17) is 5.11 Å². The molecule has 2 N–H and O–H groups in total. The summed E-state index contributed by atoms with van der Waals surface area (Å²) in [5, 5.41) is 12.5. The van der Waals surface area contributed by atoms with Gasteiger partial charge >= 0.3 is 5.97 Å². The summed E-state index contributed by atoms with van der Waals surface area (Å²) in [6, 6.07) is 13.8. The fourth-order valence-corrected chi connectivity index (χ4v) is 2.99. The van der Waals surface area contributed by atoms with E-state index in [1.54, 1.807) is 12.1 Å². The van der Waals surface area contributed by atoms with Crippen molar-refractivity contribution in [1.29, 1.82) is 0 Å². The second-order valence-electron chi connectivity index (χ2n) is 6.10. The summed E-state index contributed by atoms with van der Waals surface area (Å²) >= 11 is 0. The van der Waals surface area contributed by atoms with Crippen LogP contribution in [0.2, 0.25) is 0 Å². The summed E-state index contributed by atoms with van der Waals surface area (Å²) in [7, 11) is 0. The summed E-state index contributed by atoms with van der Waals surface area (Å²) in [5.74, 6) is -0.549. The molecule has 0 amide bonds. The smallest absolute Gasteiger partial charge is 0.335 e. The lowest BCUT2D eigenvalue weighted by atomic mass is 9.77. The minimum Gasteiger partial charge on any atom is -0.478 e. The number of carboxylic acids is 1. The van der Waals surface area contributed by atoms with Gasteiger partial charge in [0.2, 0.25) is 0 Å². The van der Waals surface area contributed by atoms with E-state index in [2.05, 4.69) is 5.32 Å². The van der Waals surface area contributed by atoms with Crippen LogP contribution in [0.3, 0.4) is 0 Å². The summed E-state index contributed by atoms with van der Waals surface area (Å²) < 4.78 is 13.1. The quantitative estimate of drug-likeness (QED) is 0.842. The number of benzene rings is 2. The maximum atomic E-state index is 13.1. The minimum atomic E-state index is -0.914. The zero-order valence-corrected chi connectivity index (χ0v) is 12.8. The Bertz CT molecular complexity index is 663. The molecule has 2 aromatic rings. The molecule has 0 bridgehead atoms. The van der Waals surface area contributed by atoms with Crippen LogP contribution in [0, 0.1) is 11.7 Å². The van der Waals surface area contributed by atoms with Crippen molar-refractivity contribution in [2.75, 3.05) is 0 Å². The van der Waals surface area contributed by atoms with Crippen LogP contribution >= 0.6 is 0 Å². The Morgan fingerprint density at radius 1 is 1.13 bits per heavy atom. The molecule has 0 aliphatic heterocycles. The number of halogens is 1. The highest BCUT2D eigenvalue weighted by molar-refractivity contribution is 5.87. The number of hydrogen-bond donors (Lipinski definition) is 2. The van der Waals surface area contributed by atoms with Gasteiger partial charge < -0.3 is 10.4 Å². The van der Waals surface area contributed by atoms with Crippen LogP contribution < -0.4 is 5.32 Å². The fraction of sp³-hybridized carbons (Fsp3) is 0.316. The Hall–Kier alpha value is -2.20. The summed E-state index contributed by atoms with van der Waals surface area (Å²) in [6.45, 7) is 0.665. The van der Waals surface area contributed by atoms with Crippen LogP contribution in [0.5, 0.6) is 0 Å². The zero-order valence-electron chi connectivity index (χ0n) is 12.8. The number of aromatic carboxylic acids is 1. The van der Waals surface area contributed by atoms with E-state index in [1.807, 2.05) is 24.3 Å². The van der Waals surface area contributed by atoms with Crippen LogP contribution in [-0.4, -0.2) is 11.1 Å². The first-order chi connectivity index (χ1) is 11.1. The average Bonchev–Trinajstić information content (AvgIpc) is 2.51. The Labute approximate surface area is 135 Å². The molecule has 0 saturated heterocycles. The molecule has 4 heteroatoms. The Balaban J connectivity index is 1.69. The van der Waals surface area contributed by atoms with Gasteiger partial charge in [-0.25, -0.2) is 9.18 Å². The van der Waals surface area contributed by atoms with E-state index in [9.17, 15) is 9.18 Å². The largest absolute Gasteiger partial charge is 0.478 e. The van der Waals surface area contributed by atoms with Gasteiger partial charge in [-0.05, 0) is 54.2 Å². The van der Waals surface area contributed by atoms with Crippen molar-refractivity contribution in [3.63, 3.8) is 0 Å². The molecule has 3 nitrogen and oxygen atoms in total. The van der Waals surface area contributed by atoms with Crippen molar-refractivity contribution >= 4 is 5.97 Å². The topological polar surface area (TPSA) is 49.3 Å². The molecular weight excluding hydrogens is 293 g/mol. The molecule has 1 fully saturated rings. The van der Waals surface area contributed by atoms with E-state index in [0.717, 1.165) is 11.1 Å². The lowest BCUT2D eigenvalue weighted by Crippen LogP contribution is -2.31. The average molecular weight is 313 g/mol. The van der Waals surface area contributed by atoms with Crippen molar-refractivity contribution in [1.82, 2.24) is 5.32 Å². The van der Waals surface area contributed by atoms with Crippen LogP contribution in [0.4, 0.5) is 4.39 Å². The third-order valence-corrected chi connectivity index (χ3v) is 4.58. The second kappa shape index (κ2) is 6.92. The number of rotatable bonds is 6. The second-order valence-corrected chi connectivity index (χ2v) is 6.10. The highest BCUT2D eigenvalue weighted by atomic mass is 19.1. The van der Waals surface area contributed by atoms with Gasteiger partial charge in [-0.15, -0.1) is 0 Å². The van der Waals surface area contributed by atoms with Gasteiger partial charge in [0.05, 0.1) is 5.56 Å². The maximum absolute atomic E-state index is 13.1. The molecule has 0 spiro atoms. The normalized spacial score (nSPS) is 15.9. The van der Waals surface area contributed by atoms with Crippen molar-refractivity contribution in [2.24, 2.45) is 5.92 Å². The van der Waals surface area contributed by atoms with Crippen LogP contribution in [-0.2, 0) is 6.54 Å². The van der Waals surface area contributed by atoms with Gasteiger partial charge in [-0.3, -0.25) is 0 Å². The molecule has 1 aliphatic carbocycles. The Morgan fingerprint density at radius 2 is 1.78 bits per heavy atom. The minimum absolute atomic E-state index is 0.212. The first kappa shape index (κ1) is 15.7. The van der Waals surface area contributed by atoms with Crippen molar-refractivity contribution in [3.8, 4) is 0 Å². The summed E-state index contributed by atoms with van der Waals surface area (Å²) in [6.07, 6.45) is 3.62.